The highest BCUT2D eigenvalue weighted by Crippen LogP contribution is 2.45. The van der Waals surface area contributed by atoms with Crippen molar-refractivity contribution >= 4 is 43.2 Å². The summed E-state index contributed by atoms with van der Waals surface area (Å²) in [5, 5.41) is 29.4. The molecule has 0 amide bonds. The molecule has 3 aliphatic rings. The van der Waals surface area contributed by atoms with E-state index in [0.717, 1.165) is 57.9 Å². The van der Waals surface area contributed by atoms with E-state index >= 15 is 0 Å². The number of nitrogens with zero attached hydrogens (tertiary/aromatic N) is 4. The van der Waals surface area contributed by atoms with Gasteiger partial charge in [-0.2, -0.15) is 4.98 Å². The van der Waals surface area contributed by atoms with E-state index in [0.29, 0.717) is 30.1 Å². The van der Waals surface area contributed by atoms with E-state index in [4.69, 9.17) is 15.0 Å². The number of nitrogens with one attached hydrogen (secondary N) is 2. The lowest BCUT2D eigenvalue weighted by Crippen LogP contribution is -2.38. The van der Waals surface area contributed by atoms with Gasteiger partial charge in [0.05, 0.1) is 44.3 Å². The molecule has 4 N–H and O–H groups in total. The van der Waals surface area contributed by atoms with Gasteiger partial charge in [0.15, 0.2) is 9.84 Å². The van der Waals surface area contributed by atoms with Crippen LogP contribution in [0.2, 0.25) is 0 Å². The van der Waals surface area contributed by atoms with Crippen molar-refractivity contribution < 1.29 is 18.6 Å². The average molecular weight is 587 g/mol. The Hall–Kier alpha value is -2.41. The molecule has 0 aliphatic heterocycles. The maximum Gasteiger partial charge on any atom is 0.225 e. The fraction of sp³-hybridized carbons (Fsp3) is 0.643. The second kappa shape index (κ2) is 10.1. The smallest absolute Gasteiger partial charge is 0.225 e. The third-order valence-corrected chi connectivity index (χ3v) is 12.3. The number of aliphatic hydroxyl groups is 2. The highest BCUT2D eigenvalue weighted by atomic mass is 32.2. The van der Waals surface area contributed by atoms with Crippen molar-refractivity contribution in [3.63, 3.8) is 0 Å². The van der Waals surface area contributed by atoms with E-state index in [1.54, 1.807) is 32.1 Å². The van der Waals surface area contributed by atoms with Gasteiger partial charge in [-0.25, -0.2) is 18.4 Å². The largest absolute Gasteiger partial charge is 0.390 e. The summed E-state index contributed by atoms with van der Waals surface area (Å²) in [5.74, 6) is 0.704. The number of sulfone groups is 1. The van der Waals surface area contributed by atoms with E-state index in [1.807, 2.05) is 19.2 Å². The summed E-state index contributed by atoms with van der Waals surface area (Å²) in [4.78, 5) is 19.2. The molecular formula is C28H38N6O4S2. The third kappa shape index (κ3) is 5.19. The van der Waals surface area contributed by atoms with Gasteiger partial charge in [0.1, 0.15) is 22.4 Å². The number of hydrogen-bond acceptors (Lipinski definition) is 11. The number of hydrogen-bond donors (Lipinski definition) is 4. The monoisotopic (exact) mass is 586 g/mol. The first-order valence-electron chi connectivity index (χ1n) is 14.2. The Morgan fingerprint density at radius 3 is 2.45 bits per heavy atom. The van der Waals surface area contributed by atoms with E-state index < -0.39 is 38.8 Å². The van der Waals surface area contributed by atoms with Crippen molar-refractivity contribution in [2.75, 3.05) is 16.4 Å². The fourth-order valence-corrected chi connectivity index (χ4v) is 7.98. The molecule has 4 atom stereocenters. The lowest BCUT2D eigenvalue weighted by molar-refractivity contribution is 0.0216. The van der Waals surface area contributed by atoms with Crippen LogP contribution in [0.4, 0.5) is 11.8 Å². The summed E-state index contributed by atoms with van der Waals surface area (Å²) in [6.45, 7) is 6.90. The zero-order valence-corrected chi connectivity index (χ0v) is 25.0. The van der Waals surface area contributed by atoms with Crippen LogP contribution in [-0.4, -0.2) is 73.4 Å². The maximum atomic E-state index is 12.9. The van der Waals surface area contributed by atoms with Crippen LogP contribution in [0, 0.1) is 12.8 Å². The summed E-state index contributed by atoms with van der Waals surface area (Å²) in [6, 6.07) is 1.73. The molecule has 1 unspecified atom stereocenters. The molecule has 0 saturated heterocycles. The number of aliphatic hydroxyl groups excluding tert-OH is 2. The van der Waals surface area contributed by atoms with Crippen molar-refractivity contribution in [2.24, 2.45) is 5.92 Å². The van der Waals surface area contributed by atoms with Crippen molar-refractivity contribution in [1.29, 1.82) is 0 Å². The van der Waals surface area contributed by atoms with Crippen LogP contribution in [0.3, 0.4) is 0 Å². The second-order valence-corrected chi connectivity index (χ2v) is 16.4. The van der Waals surface area contributed by atoms with Crippen molar-refractivity contribution in [1.82, 2.24) is 19.9 Å². The minimum atomic E-state index is -3.48. The number of anilines is 2. The van der Waals surface area contributed by atoms with Crippen molar-refractivity contribution in [2.45, 2.75) is 101 Å². The van der Waals surface area contributed by atoms with Crippen LogP contribution < -0.4 is 10.6 Å². The number of thiazole rings is 1. The first kappa shape index (κ1) is 27.7. The van der Waals surface area contributed by atoms with Crippen LogP contribution in [0.25, 0.3) is 20.8 Å². The maximum absolute atomic E-state index is 12.9. The van der Waals surface area contributed by atoms with Gasteiger partial charge in [-0.05, 0) is 72.3 Å². The molecule has 3 heterocycles. The third-order valence-electron chi connectivity index (χ3n) is 8.53. The number of rotatable bonds is 8. The van der Waals surface area contributed by atoms with E-state index in [2.05, 4.69) is 15.6 Å². The molecule has 3 aliphatic carbocycles. The highest BCUT2D eigenvalue weighted by Gasteiger charge is 2.45. The Balaban J connectivity index is 1.35. The molecule has 3 fully saturated rings. The summed E-state index contributed by atoms with van der Waals surface area (Å²) in [6.07, 6.45) is 5.39. The van der Waals surface area contributed by atoms with Gasteiger partial charge in [0.25, 0.3) is 0 Å². The Bertz CT molecular complexity index is 1530. The lowest BCUT2D eigenvalue weighted by Gasteiger charge is -2.27. The molecule has 6 rings (SSSR count). The molecule has 0 radical (unpaired) electrons. The first-order chi connectivity index (χ1) is 18.9. The Labute approximate surface area is 239 Å². The quantitative estimate of drug-likeness (QED) is 0.305. The van der Waals surface area contributed by atoms with Gasteiger partial charge in [-0.3, -0.25) is 4.98 Å². The van der Waals surface area contributed by atoms with Crippen LogP contribution in [0.5, 0.6) is 0 Å². The van der Waals surface area contributed by atoms with Gasteiger partial charge in [-0.15, -0.1) is 11.3 Å². The lowest BCUT2D eigenvalue weighted by atomic mass is 9.93. The number of fused-ring (bicyclic) bond motifs is 1. The molecule has 3 saturated carbocycles. The molecule has 3 aromatic heterocycles. The minimum Gasteiger partial charge on any atom is -0.390 e. The van der Waals surface area contributed by atoms with Crippen molar-refractivity contribution in [3.05, 3.63) is 23.7 Å². The van der Waals surface area contributed by atoms with Crippen LogP contribution in [0.1, 0.15) is 76.6 Å². The average Bonchev–Trinajstić information content (AvgIpc) is 3.55. The summed E-state index contributed by atoms with van der Waals surface area (Å²) < 4.78 is 25.9. The summed E-state index contributed by atoms with van der Waals surface area (Å²) in [7, 11) is -3.48. The predicted octanol–water partition coefficient (Wildman–Crippen LogP) is 4.03. The molecular weight excluding hydrogens is 548 g/mol. The fourth-order valence-electron chi connectivity index (χ4n) is 5.51. The topological polar surface area (TPSA) is 150 Å². The molecule has 216 valence electrons. The molecule has 12 heteroatoms. The van der Waals surface area contributed by atoms with Gasteiger partial charge >= 0.3 is 0 Å². The zero-order valence-electron chi connectivity index (χ0n) is 23.4. The minimum absolute atomic E-state index is 0.189. The summed E-state index contributed by atoms with van der Waals surface area (Å²) >= 11 is 1.56. The Kier molecular flexibility index (Phi) is 7.04. The van der Waals surface area contributed by atoms with Crippen molar-refractivity contribution in [3.8, 4) is 10.6 Å². The van der Waals surface area contributed by atoms with E-state index in [1.165, 1.54) is 6.42 Å². The highest BCUT2D eigenvalue weighted by molar-refractivity contribution is 7.92. The van der Waals surface area contributed by atoms with Gasteiger partial charge in [-0.1, -0.05) is 0 Å². The molecule has 3 aromatic rings. The number of aromatic nitrogens is 4. The number of aryl methyl sites for hydroxylation is 1. The zero-order chi connectivity index (χ0) is 28.4. The van der Waals surface area contributed by atoms with Gasteiger partial charge in [0.2, 0.25) is 5.95 Å². The summed E-state index contributed by atoms with van der Waals surface area (Å²) in [5.41, 5.74) is 3.44. The predicted molar refractivity (Wildman–Crippen MR) is 157 cm³/mol. The first-order valence-corrected chi connectivity index (χ1v) is 16.6. The number of pyridine rings is 1. The molecule has 40 heavy (non-hydrogen) atoms. The SMILES string of the molecule is Cc1nc(NC2CCC2)nc(NC2C[C@H](CS(=O)(=O)C(C)(C)C)[C@@H](O)[C@H]2O)c1-c1nc2c(C3CC3)nccc2s1. The molecule has 10 nitrogen and oxygen atoms in total. The van der Waals surface area contributed by atoms with Crippen LogP contribution in [-0.2, 0) is 9.84 Å². The van der Waals surface area contributed by atoms with E-state index in [9.17, 15) is 18.6 Å². The normalized spacial score (nSPS) is 25.8. The molecule has 0 aromatic carbocycles. The Morgan fingerprint density at radius 2 is 1.80 bits per heavy atom. The van der Waals surface area contributed by atoms with Crippen LogP contribution >= 0.6 is 11.3 Å². The van der Waals surface area contributed by atoms with Crippen LogP contribution in [0.15, 0.2) is 12.3 Å². The van der Waals surface area contributed by atoms with Gasteiger partial charge < -0.3 is 20.8 Å². The van der Waals surface area contributed by atoms with E-state index in [-0.39, 0.29) is 5.75 Å². The van der Waals surface area contributed by atoms with Gasteiger partial charge in [0, 0.05) is 24.1 Å². The standard InChI is InChI=1S/C28H38N6O4S2/c1-14-20(26-33-22-19(39-26)10-11-29-21(22)15-8-9-15)25(34-27(30-14)31-17-6-5-7-17)32-18-12-16(23(35)24(18)36)13-40(37,38)28(2,3)4/h10-11,15-18,23-24,35-36H,5-9,12-13H2,1-4H3,(H2,30,31,32,34)/t16-,18?,23-,24+/m1/s1. The molecule has 0 bridgehead atoms. The second-order valence-electron chi connectivity index (χ2n) is 12.6. The molecule has 0 spiro atoms. The Morgan fingerprint density at radius 1 is 1.05 bits per heavy atom.